The molecule has 1 rings (SSSR count). The Bertz CT molecular complexity index is 464. The lowest BCUT2D eigenvalue weighted by atomic mass is 10.2. The predicted molar refractivity (Wildman–Crippen MR) is 73.9 cm³/mol. The van der Waals surface area contributed by atoms with Gasteiger partial charge in [-0.25, -0.2) is 4.98 Å². The van der Waals surface area contributed by atoms with E-state index in [1.165, 1.54) is 0 Å². The average molecular weight is 271 g/mol. The third-order valence-electron chi connectivity index (χ3n) is 2.49. The predicted octanol–water partition coefficient (Wildman–Crippen LogP) is 1.83. The molecule has 0 aliphatic rings. The van der Waals surface area contributed by atoms with E-state index in [2.05, 4.69) is 15.3 Å². The van der Waals surface area contributed by atoms with Gasteiger partial charge in [-0.2, -0.15) is 16.7 Å². The molecule has 0 atom stereocenters. The van der Waals surface area contributed by atoms with Gasteiger partial charge >= 0.3 is 5.69 Å². The number of aryl methyl sites for hydroxylation is 1. The highest BCUT2D eigenvalue weighted by Gasteiger charge is 2.23. The minimum absolute atomic E-state index is 0.0301. The molecule has 3 N–H and O–H groups in total. The third kappa shape index (κ3) is 3.46. The summed E-state index contributed by atoms with van der Waals surface area (Å²) in [4.78, 5) is 18.2. The molecule has 1 aromatic heterocycles. The molecule has 0 amide bonds. The average Bonchev–Trinajstić information content (AvgIpc) is 2.25. The molecule has 7 nitrogen and oxygen atoms in total. The molecule has 0 fully saturated rings. The van der Waals surface area contributed by atoms with Gasteiger partial charge in [-0.05, 0) is 27.0 Å². The Morgan fingerprint density at radius 3 is 2.61 bits per heavy atom. The number of hydrogen-bond donors (Lipinski definition) is 2. The fourth-order valence-corrected chi connectivity index (χ4v) is 1.52. The van der Waals surface area contributed by atoms with Crippen molar-refractivity contribution in [3.8, 4) is 0 Å². The smallest absolute Gasteiger partial charge is 0.332 e. The lowest BCUT2D eigenvalue weighted by molar-refractivity contribution is -0.385. The lowest BCUT2D eigenvalue weighted by Crippen LogP contribution is -2.26. The first-order valence-corrected chi connectivity index (χ1v) is 6.57. The van der Waals surface area contributed by atoms with Gasteiger partial charge in [0.15, 0.2) is 0 Å². The van der Waals surface area contributed by atoms with Crippen LogP contribution >= 0.6 is 11.8 Å². The SMILES string of the molecule is CSC(C)(C)CNc1nc(N)nc(C)c1[N+](=O)[O-]. The number of hydrogen-bond acceptors (Lipinski definition) is 7. The summed E-state index contributed by atoms with van der Waals surface area (Å²) in [7, 11) is 0. The summed E-state index contributed by atoms with van der Waals surface area (Å²) in [5, 5.41) is 14.0. The number of rotatable bonds is 5. The fourth-order valence-electron chi connectivity index (χ4n) is 1.30. The number of nitro groups is 1. The number of aromatic nitrogens is 2. The van der Waals surface area contributed by atoms with Gasteiger partial charge < -0.3 is 11.1 Å². The van der Waals surface area contributed by atoms with Crippen LogP contribution in [0.3, 0.4) is 0 Å². The van der Waals surface area contributed by atoms with Crippen molar-refractivity contribution in [3.05, 3.63) is 15.8 Å². The van der Waals surface area contributed by atoms with Crippen LogP contribution in [0.25, 0.3) is 0 Å². The molecule has 0 aromatic carbocycles. The summed E-state index contributed by atoms with van der Waals surface area (Å²) in [6, 6.07) is 0. The van der Waals surface area contributed by atoms with E-state index < -0.39 is 4.92 Å². The topological polar surface area (TPSA) is 107 Å². The standard InChI is InChI=1S/C10H17N5O2S/c1-6-7(15(16)17)8(14-9(11)13-6)12-5-10(2,3)18-4/h5H2,1-4H3,(H3,11,12,13,14). The summed E-state index contributed by atoms with van der Waals surface area (Å²) in [6.07, 6.45) is 1.98. The van der Waals surface area contributed by atoms with E-state index >= 15 is 0 Å². The van der Waals surface area contributed by atoms with Gasteiger partial charge in [-0.15, -0.1) is 0 Å². The van der Waals surface area contributed by atoms with E-state index in [-0.39, 0.29) is 27.9 Å². The zero-order valence-electron chi connectivity index (χ0n) is 10.9. The minimum atomic E-state index is -0.497. The maximum absolute atomic E-state index is 11.0. The minimum Gasteiger partial charge on any atom is -0.368 e. The second-order valence-corrected chi connectivity index (χ2v) is 5.95. The second-order valence-electron chi connectivity index (χ2n) is 4.44. The summed E-state index contributed by atoms with van der Waals surface area (Å²) in [6.45, 7) is 6.16. The molecule has 18 heavy (non-hydrogen) atoms. The Morgan fingerprint density at radius 1 is 1.50 bits per heavy atom. The number of nitrogens with zero attached hydrogens (tertiary/aromatic N) is 3. The lowest BCUT2D eigenvalue weighted by Gasteiger charge is -2.22. The largest absolute Gasteiger partial charge is 0.368 e. The molecule has 0 unspecified atom stereocenters. The van der Waals surface area contributed by atoms with Crippen LogP contribution in [0.2, 0.25) is 0 Å². The van der Waals surface area contributed by atoms with Crippen LogP contribution in [0.4, 0.5) is 17.5 Å². The van der Waals surface area contributed by atoms with Crippen LogP contribution in [0, 0.1) is 17.0 Å². The first-order valence-electron chi connectivity index (χ1n) is 5.34. The van der Waals surface area contributed by atoms with Gasteiger partial charge in [-0.1, -0.05) is 0 Å². The zero-order chi connectivity index (χ0) is 13.9. The molecule has 1 aromatic rings. The molecular formula is C10H17N5O2S. The highest BCUT2D eigenvalue weighted by molar-refractivity contribution is 7.99. The number of nitrogens with one attached hydrogen (secondary N) is 1. The van der Waals surface area contributed by atoms with Gasteiger partial charge in [0, 0.05) is 11.3 Å². The van der Waals surface area contributed by atoms with Crippen molar-refractivity contribution in [2.75, 3.05) is 23.9 Å². The van der Waals surface area contributed by atoms with Crippen LogP contribution in [0.15, 0.2) is 0 Å². The molecule has 0 radical (unpaired) electrons. The van der Waals surface area contributed by atoms with Crippen LogP contribution in [0.1, 0.15) is 19.5 Å². The van der Waals surface area contributed by atoms with Crippen molar-refractivity contribution in [1.29, 1.82) is 0 Å². The fraction of sp³-hybridized carbons (Fsp3) is 0.600. The van der Waals surface area contributed by atoms with E-state index in [4.69, 9.17) is 5.73 Å². The first-order chi connectivity index (χ1) is 8.26. The van der Waals surface area contributed by atoms with Gasteiger partial charge in [0.1, 0.15) is 5.69 Å². The maximum Gasteiger partial charge on any atom is 0.332 e. The molecular weight excluding hydrogens is 254 g/mol. The molecule has 0 saturated carbocycles. The van der Waals surface area contributed by atoms with Crippen LogP contribution in [0.5, 0.6) is 0 Å². The first kappa shape index (κ1) is 14.5. The Morgan fingerprint density at radius 2 is 2.11 bits per heavy atom. The molecule has 0 aliphatic heterocycles. The summed E-state index contributed by atoms with van der Waals surface area (Å²) >= 11 is 1.66. The van der Waals surface area contributed by atoms with Gasteiger partial charge in [0.25, 0.3) is 0 Å². The van der Waals surface area contributed by atoms with E-state index in [1.807, 2.05) is 20.1 Å². The van der Waals surface area contributed by atoms with Gasteiger partial charge in [0.2, 0.25) is 11.8 Å². The molecule has 1 heterocycles. The van der Waals surface area contributed by atoms with Crippen molar-refractivity contribution in [1.82, 2.24) is 9.97 Å². The second kappa shape index (κ2) is 5.38. The molecule has 8 heteroatoms. The van der Waals surface area contributed by atoms with E-state index in [1.54, 1.807) is 18.7 Å². The third-order valence-corrected chi connectivity index (χ3v) is 3.74. The molecule has 100 valence electrons. The number of nitrogen functional groups attached to an aromatic ring is 1. The van der Waals surface area contributed by atoms with Crippen molar-refractivity contribution < 1.29 is 4.92 Å². The number of anilines is 2. The Labute approximate surface area is 110 Å². The molecule has 0 bridgehead atoms. The normalized spacial score (nSPS) is 11.3. The summed E-state index contributed by atoms with van der Waals surface area (Å²) < 4.78 is -0.0541. The van der Waals surface area contributed by atoms with Crippen molar-refractivity contribution in [2.24, 2.45) is 0 Å². The molecule has 0 aliphatic carbocycles. The van der Waals surface area contributed by atoms with Crippen LogP contribution in [-0.4, -0.2) is 32.4 Å². The number of thioether (sulfide) groups is 1. The Kier molecular flexibility index (Phi) is 4.33. The summed E-state index contributed by atoms with van der Waals surface area (Å²) in [5.41, 5.74) is 5.65. The highest BCUT2D eigenvalue weighted by Crippen LogP contribution is 2.28. The van der Waals surface area contributed by atoms with E-state index in [0.717, 1.165) is 0 Å². The van der Waals surface area contributed by atoms with Gasteiger partial charge in [0.05, 0.1) is 4.92 Å². The maximum atomic E-state index is 11.0. The Balaban J connectivity index is 3.04. The van der Waals surface area contributed by atoms with Crippen LogP contribution < -0.4 is 11.1 Å². The van der Waals surface area contributed by atoms with E-state index in [0.29, 0.717) is 6.54 Å². The summed E-state index contributed by atoms with van der Waals surface area (Å²) in [5.74, 6) is 0.203. The van der Waals surface area contributed by atoms with E-state index in [9.17, 15) is 10.1 Å². The van der Waals surface area contributed by atoms with Crippen molar-refractivity contribution >= 4 is 29.2 Å². The van der Waals surface area contributed by atoms with Gasteiger partial charge in [-0.3, -0.25) is 10.1 Å². The molecule has 0 spiro atoms. The Hall–Kier alpha value is -1.57. The number of nitrogens with two attached hydrogens (primary N) is 1. The van der Waals surface area contributed by atoms with Crippen LogP contribution in [-0.2, 0) is 0 Å². The monoisotopic (exact) mass is 271 g/mol. The quantitative estimate of drug-likeness (QED) is 0.621. The van der Waals surface area contributed by atoms with Crippen molar-refractivity contribution in [3.63, 3.8) is 0 Å². The zero-order valence-corrected chi connectivity index (χ0v) is 11.7. The van der Waals surface area contributed by atoms with Crippen molar-refractivity contribution in [2.45, 2.75) is 25.5 Å². The molecule has 0 saturated heterocycles. The highest BCUT2D eigenvalue weighted by atomic mass is 32.2.